The Morgan fingerprint density at radius 1 is 1.50 bits per heavy atom. The maximum Gasteiger partial charge on any atom is 0.224 e. The minimum atomic E-state index is -0.0330. The number of carbonyl (C=O) groups excluding carboxylic acids is 1. The Balaban J connectivity index is 2.53. The molecule has 1 aromatic carbocycles. The minimum absolute atomic E-state index is 0.0330. The van der Waals surface area contributed by atoms with E-state index in [0.29, 0.717) is 19.3 Å². The van der Waals surface area contributed by atoms with Gasteiger partial charge in [0.2, 0.25) is 5.91 Å². The quantitative estimate of drug-likeness (QED) is 0.782. The van der Waals surface area contributed by atoms with E-state index < -0.39 is 0 Å². The highest BCUT2D eigenvalue weighted by Crippen LogP contribution is 2.11. The highest BCUT2D eigenvalue weighted by atomic mass is 16.5. The summed E-state index contributed by atoms with van der Waals surface area (Å²) in [6.07, 6.45) is 1.65. The summed E-state index contributed by atoms with van der Waals surface area (Å²) in [6, 6.07) is 7.36. The summed E-state index contributed by atoms with van der Waals surface area (Å²) >= 11 is 0. The normalized spacial score (nSPS) is 11.3. The molecule has 0 saturated heterocycles. The topological polar surface area (TPSA) is 58.6 Å². The van der Waals surface area contributed by atoms with Gasteiger partial charge in [0, 0.05) is 31.2 Å². The van der Waals surface area contributed by atoms with E-state index in [0.717, 1.165) is 11.3 Å². The molecule has 1 atom stereocenters. The fraction of sp³-hybridized carbons (Fsp3) is 0.438. The van der Waals surface area contributed by atoms with Crippen LogP contribution in [0.25, 0.3) is 0 Å². The fourth-order valence-electron chi connectivity index (χ4n) is 1.57. The third-order valence-electron chi connectivity index (χ3n) is 2.80. The molecule has 0 aliphatic heterocycles. The van der Waals surface area contributed by atoms with E-state index >= 15 is 0 Å². The van der Waals surface area contributed by atoms with Gasteiger partial charge in [-0.3, -0.25) is 4.79 Å². The van der Waals surface area contributed by atoms with Crippen LogP contribution in [0.2, 0.25) is 0 Å². The molecule has 1 amide bonds. The summed E-state index contributed by atoms with van der Waals surface area (Å²) in [4.78, 5) is 11.8. The zero-order chi connectivity index (χ0) is 14.8. The van der Waals surface area contributed by atoms with E-state index in [1.807, 2.05) is 31.2 Å². The van der Waals surface area contributed by atoms with Gasteiger partial charge in [0.1, 0.15) is 0 Å². The van der Waals surface area contributed by atoms with Crippen molar-refractivity contribution in [3.05, 3.63) is 29.8 Å². The molecule has 1 rings (SSSR count). The molecule has 0 heterocycles. The molecule has 1 unspecified atom stereocenters. The van der Waals surface area contributed by atoms with Crippen molar-refractivity contribution >= 4 is 11.6 Å². The second kappa shape index (κ2) is 9.13. The summed E-state index contributed by atoms with van der Waals surface area (Å²) in [5.41, 5.74) is 1.55. The van der Waals surface area contributed by atoms with Crippen molar-refractivity contribution in [1.29, 1.82) is 0 Å². The zero-order valence-electron chi connectivity index (χ0n) is 12.0. The van der Waals surface area contributed by atoms with E-state index in [1.54, 1.807) is 7.11 Å². The molecule has 0 aliphatic rings. The molecule has 0 saturated carbocycles. The molecular formula is C16H21NO3. The van der Waals surface area contributed by atoms with Crippen molar-refractivity contribution in [1.82, 2.24) is 0 Å². The third-order valence-corrected chi connectivity index (χ3v) is 2.80. The van der Waals surface area contributed by atoms with Crippen LogP contribution in [0, 0.1) is 11.8 Å². The lowest BCUT2D eigenvalue weighted by atomic mass is 10.2. The number of aliphatic hydroxyl groups excluding tert-OH is 1. The number of benzene rings is 1. The molecule has 1 aromatic rings. The number of rotatable bonds is 6. The first-order valence-electron chi connectivity index (χ1n) is 6.68. The van der Waals surface area contributed by atoms with Crippen LogP contribution < -0.4 is 5.32 Å². The number of carbonyl (C=O) groups is 1. The van der Waals surface area contributed by atoms with Gasteiger partial charge in [-0.25, -0.2) is 0 Å². The van der Waals surface area contributed by atoms with Crippen LogP contribution in [0.1, 0.15) is 31.7 Å². The minimum Gasteiger partial charge on any atom is -0.395 e. The van der Waals surface area contributed by atoms with Gasteiger partial charge in [-0.05, 0) is 31.5 Å². The standard InChI is InChI=1S/C16H21NO3/c1-13(20-2)9-10-16(19)17-15-8-5-7-14(12-15)6-3-4-11-18/h5,7-8,12-13,18H,4,9-11H2,1-2H3,(H,17,19). The van der Waals surface area contributed by atoms with Crippen molar-refractivity contribution in [3.8, 4) is 11.8 Å². The lowest BCUT2D eigenvalue weighted by Gasteiger charge is -2.09. The molecule has 0 spiro atoms. The average molecular weight is 275 g/mol. The lowest BCUT2D eigenvalue weighted by Crippen LogP contribution is -2.15. The van der Waals surface area contributed by atoms with Gasteiger partial charge in [0.05, 0.1) is 12.7 Å². The molecule has 0 fully saturated rings. The molecule has 0 bridgehead atoms. The highest BCUT2D eigenvalue weighted by Gasteiger charge is 2.06. The van der Waals surface area contributed by atoms with Gasteiger partial charge < -0.3 is 15.2 Å². The number of aliphatic hydroxyl groups is 1. The van der Waals surface area contributed by atoms with E-state index in [4.69, 9.17) is 9.84 Å². The smallest absolute Gasteiger partial charge is 0.224 e. The number of hydrogen-bond donors (Lipinski definition) is 2. The number of nitrogens with one attached hydrogen (secondary N) is 1. The molecular weight excluding hydrogens is 254 g/mol. The van der Waals surface area contributed by atoms with Crippen LogP contribution in [0.4, 0.5) is 5.69 Å². The Hall–Kier alpha value is -1.83. The van der Waals surface area contributed by atoms with Crippen molar-refractivity contribution in [3.63, 3.8) is 0 Å². The van der Waals surface area contributed by atoms with Crippen LogP contribution in [0.5, 0.6) is 0 Å². The summed E-state index contributed by atoms with van der Waals surface area (Å²) in [6.45, 7) is 1.99. The Bertz CT molecular complexity index is 488. The molecule has 2 N–H and O–H groups in total. The molecule has 20 heavy (non-hydrogen) atoms. The van der Waals surface area contributed by atoms with Gasteiger partial charge in [-0.15, -0.1) is 0 Å². The Morgan fingerprint density at radius 2 is 2.30 bits per heavy atom. The number of amides is 1. The van der Waals surface area contributed by atoms with Crippen molar-refractivity contribution in [2.75, 3.05) is 19.0 Å². The van der Waals surface area contributed by atoms with Crippen molar-refractivity contribution < 1.29 is 14.6 Å². The summed E-state index contributed by atoms with van der Waals surface area (Å²) in [5, 5.41) is 11.5. The number of hydrogen-bond acceptors (Lipinski definition) is 3. The summed E-state index contributed by atoms with van der Waals surface area (Å²) in [5.74, 6) is 5.75. The second-order valence-electron chi connectivity index (χ2n) is 4.49. The van der Waals surface area contributed by atoms with Crippen LogP contribution >= 0.6 is 0 Å². The molecule has 108 valence electrons. The largest absolute Gasteiger partial charge is 0.395 e. The number of anilines is 1. The van der Waals surface area contributed by atoms with E-state index in [-0.39, 0.29) is 18.6 Å². The first-order valence-corrected chi connectivity index (χ1v) is 6.68. The van der Waals surface area contributed by atoms with Crippen molar-refractivity contribution in [2.24, 2.45) is 0 Å². The molecule has 4 nitrogen and oxygen atoms in total. The van der Waals surface area contributed by atoms with Crippen LogP contribution in [0.15, 0.2) is 24.3 Å². The zero-order valence-corrected chi connectivity index (χ0v) is 12.0. The Kier molecular flexibility index (Phi) is 7.41. The molecule has 0 radical (unpaired) electrons. The first-order chi connectivity index (χ1) is 9.65. The average Bonchev–Trinajstić information content (AvgIpc) is 2.45. The van der Waals surface area contributed by atoms with E-state index in [1.165, 1.54) is 0 Å². The van der Waals surface area contributed by atoms with Crippen molar-refractivity contribution in [2.45, 2.75) is 32.3 Å². The lowest BCUT2D eigenvalue weighted by molar-refractivity contribution is -0.116. The third kappa shape index (κ3) is 6.37. The van der Waals surface area contributed by atoms with Crippen LogP contribution in [-0.4, -0.2) is 30.8 Å². The number of ether oxygens (including phenoxy) is 1. The maximum absolute atomic E-state index is 11.8. The summed E-state index contributed by atoms with van der Waals surface area (Å²) in [7, 11) is 1.64. The van der Waals surface area contributed by atoms with Gasteiger partial charge in [-0.2, -0.15) is 0 Å². The Labute approximate surface area is 120 Å². The molecule has 0 aliphatic carbocycles. The number of methoxy groups -OCH3 is 1. The van der Waals surface area contributed by atoms with Crippen LogP contribution in [0.3, 0.4) is 0 Å². The highest BCUT2D eigenvalue weighted by molar-refractivity contribution is 5.90. The SMILES string of the molecule is COC(C)CCC(=O)Nc1cccc(C#CCCO)c1. The predicted molar refractivity (Wildman–Crippen MR) is 79.4 cm³/mol. The van der Waals surface area contributed by atoms with Crippen LogP contribution in [-0.2, 0) is 9.53 Å². The fourth-order valence-corrected chi connectivity index (χ4v) is 1.57. The van der Waals surface area contributed by atoms with Gasteiger partial charge >= 0.3 is 0 Å². The van der Waals surface area contributed by atoms with Gasteiger partial charge in [0.25, 0.3) is 0 Å². The monoisotopic (exact) mass is 275 g/mol. The maximum atomic E-state index is 11.8. The van der Waals surface area contributed by atoms with Gasteiger partial charge in [0.15, 0.2) is 0 Å². The van der Waals surface area contributed by atoms with E-state index in [9.17, 15) is 4.79 Å². The summed E-state index contributed by atoms with van der Waals surface area (Å²) < 4.78 is 5.11. The second-order valence-corrected chi connectivity index (χ2v) is 4.49. The molecule has 4 heteroatoms. The van der Waals surface area contributed by atoms with Gasteiger partial charge in [-0.1, -0.05) is 17.9 Å². The predicted octanol–water partition coefficient (Wildman–Crippen LogP) is 2.17. The van der Waals surface area contributed by atoms with E-state index in [2.05, 4.69) is 17.2 Å². The first kappa shape index (κ1) is 16.2. The molecule has 0 aromatic heterocycles. The Morgan fingerprint density at radius 3 is 3.00 bits per heavy atom.